The van der Waals surface area contributed by atoms with E-state index in [-0.39, 0.29) is 18.3 Å². The van der Waals surface area contributed by atoms with E-state index < -0.39 is 5.76 Å². The SMILES string of the molecule is CCCCc1ccc(NC(=O)Cn2nc(-c3scc(Br)c3OC)oc2=O)c(C)c1. The van der Waals surface area contributed by atoms with E-state index in [4.69, 9.17) is 9.15 Å². The van der Waals surface area contributed by atoms with Gasteiger partial charge in [-0.05, 0) is 52.9 Å². The van der Waals surface area contributed by atoms with Gasteiger partial charge < -0.3 is 14.5 Å². The molecule has 2 aromatic heterocycles. The summed E-state index contributed by atoms with van der Waals surface area (Å²) in [6.45, 7) is 3.87. The second kappa shape index (κ2) is 9.41. The molecule has 1 N–H and O–H groups in total. The summed E-state index contributed by atoms with van der Waals surface area (Å²) in [5.74, 6) is -0.400. The van der Waals surface area contributed by atoms with Crippen molar-refractivity contribution >= 4 is 38.9 Å². The maximum atomic E-state index is 12.4. The second-order valence-electron chi connectivity index (χ2n) is 6.58. The molecule has 29 heavy (non-hydrogen) atoms. The Kier molecular flexibility index (Phi) is 6.92. The highest BCUT2D eigenvalue weighted by Crippen LogP contribution is 2.40. The van der Waals surface area contributed by atoms with Crippen LogP contribution in [0.5, 0.6) is 5.75 Å². The molecule has 154 valence electrons. The van der Waals surface area contributed by atoms with Crippen molar-refractivity contribution in [3.63, 3.8) is 0 Å². The van der Waals surface area contributed by atoms with Crippen LogP contribution in [0.3, 0.4) is 0 Å². The van der Waals surface area contributed by atoms with E-state index in [1.54, 1.807) is 0 Å². The zero-order valence-electron chi connectivity index (χ0n) is 16.5. The average Bonchev–Trinajstić information content (AvgIpc) is 3.24. The summed E-state index contributed by atoms with van der Waals surface area (Å²) in [6.07, 6.45) is 3.29. The van der Waals surface area contributed by atoms with E-state index in [0.717, 1.165) is 39.7 Å². The molecule has 0 fully saturated rings. The number of methoxy groups -OCH3 is 1. The van der Waals surface area contributed by atoms with Crippen LogP contribution in [0.2, 0.25) is 0 Å². The molecule has 1 aromatic carbocycles. The van der Waals surface area contributed by atoms with E-state index in [9.17, 15) is 9.59 Å². The minimum absolute atomic E-state index is 0.117. The number of hydrogen-bond donors (Lipinski definition) is 1. The number of rotatable bonds is 8. The number of carbonyl (C=O) groups is 1. The van der Waals surface area contributed by atoms with Gasteiger partial charge in [-0.2, -0.15) is 4.68 Å². The Balaban J connectivity index is 1.71. The van der Waals surface area contributed by atoms with Crippen molar-refractivity contribution in [1.82, 2.24) is 9.78 Å². The number of ether oxygens (including phenoxy) is 1. The molecule has 9 heteroatoms. The number of carbonyl (C=O) groups excluding carboxylic acids is 1. The van der Waals surface area contributed by atoms with Gasteiger partial charge >= 0.3 is 5.76 Å². The molecular formula is C20H22BrN3O4S. The summed E-state index contributed by atoms with van der Waals surface area (Å²) in [5.41, 5.74) is 2.94. The van der Waals surface area contributed by atoms with Crippen molar-refractivity contribution in [3.8, 4) is 16.5 Å². The van der Waals surface area contributed by atoms with Gasteiger partial charge in [-0.15, -0.1) is 16.4 Å². The molecule has 0 aliphatic rings. The lowest BCUT2D eigenvalue weighted by molar-refractivity contribution is -0.117. The summed E-state index contributed by atoms with van der Waals surface area (Å²) in [6, 6.07) is 5.98. The molecular weight excluding hydrogens is 458 g/mol. The van der Waals surface area contributed by atoms with Gasteiger partial charge in [0.15, 0.2) is 5.75 Å². The number of amides is 1. The van der Waals surface area contributed by atoms with E-state index in [1.807, 2.05) is 24.4 Å². The number of thiophene rings is 1. The van der Waals surface area contributed by atoms with E-state index in [2.05, 4.69) is 39.3 Å². The van der Waals surface area contributed by atoms with Gasteiger partial charge in [-0.1, -0.05) is 25.5 Å². The number of anilines is 1. The molecule has 3 rings (SSSR count). The van der Waals surface area contributed by atoms with Crippen molar-refractivity contribution in [3.05, 3.63) is 49.7 Å². The second-order valence-corrected chi connectivity index (χ2v) is 8.31. The first-order chi connectivity index (χ1) is 13.9. The number of aryl methyl sites for hydroxylation is 2. The van der Waals surface area contributed by atoms with Crippen molar-refractivity contribution in [2.45, 2.75) is 39.7 Å². The highest BCUT2D eigenvalue weighted by Gasteiger charge is 2.20. The van der Waals surface area contributed by atoms with E-state index in [1.165, 1.54) is 24.0 Å². The zero-order valence-corrected chi connectivity index (χ0v) is 18.9. The highest BCUT2D eigenvalue weighted by atomic mass is 79.9. The van der Waals surface area contributed by atoms with Gasteiger partial charge in [0.2, 0.25) is 5.91 Å². The van der Waals surface area contributed by atoms with E-state index >= 15 is 0 Å². The Morgan fingerprint density at radius 2 is 2.21 bits per heavy atom. The van der Waals surface area contributed by atoms with Crippen molar-refractivity contribution in [1.29, 1.82) is 0 Å². The van der Waals surface area contributed by atoms with Gasteiger partial charge in [0.25, 0.3) is 5.89 Å². The Morgan fingerprint density at radius 1 is 1.41 bits per heavy atom. The Labute approximate surface area is 180 Å². The Hall–Kier alpha value is -2.39. The van der Waals surface area contributed by atoms with E-state index in [0.29, 0.717) is 10.6 Å². The number of hydrogen-bond acceptors (Lipinski definition) is 6. The average molecular weight is 480 g/mol. The van der Waals surface area contributed by atoms with Crippen LogP contribution in [0, 0.1) is 6.92 Å². The molecule has 3 aromatic rings. The van der Waals surface area contributed by atoms with Crippen LogP contribution in [0.1, 0.15) is 30.9 Å². The molecule has 1 amide bonds. The number of halogens is 1. The summed E-state index contributed by atoms with van der Waals surface area (Å²) in [7, 11) is 1.52. The number of benzene rings is 1. The predicted octanol–water partition coefficient (Wildman–Crippen LogP) is 4.63. The van der Waals surface area contributed by atoms with Crippen LogP contribution >= 0.6 is 27.3 Å². The number of aromatic nitrogens is 2. The van der Waals surface area contributed by atoms with Gasteiger partial charge in [0, 0.05) is 11.1 Å². The molecule has 0 saturated heterocycles. The molecule has 0 saturated carbocycles. The summed E-state index contributed by atoms with van der Waals surface area (Å²) in [5, 5.41) is 8.79. The lowest BCUT2D eigenvalue weighted by Crippen LogP contribution is -2.26. The molecule has 0 spiro atoms. The third-order valence-corrected chi connectivity index (χ3v) is 6.23. The Bertz CT molecular complexity index is 1070. The van der Waals surface area contributed by atoms with Crippen LogP contribution in [0.4, 0.5) is 5.69 Å². The standard InChI is InChI=1S/C20H22BrN3O4S/c1-4-5-6-13-7-8-15(12(2)9-13)22-16(25)10-24-20(26)28-19(23-24)18-17(27-3)14(21)11-29-18/h7-9,11H,4-6,10H2,1-3H3,(H,22,25). The molecule has 2 heterocycles. The Morgan fingerprint density at radius 3 is 2.90 bits per heavy atom. The predicted molar refractivity (Wildman–Crippen MR) is 117 cm³/mol. The molecule has 0 aliphatic carbocycles. The third kappa shape index (κ3) is 4.97. The molecule has 7 nitrogen and oxygen atoms in total. The van der Waals surface area contributed by atoms with Gasteiger partial charge in [0.1, 0.15) is 11.4 Å². The fourth-order valence-corrected chi connectivity index (χ4v) is 4.47. The molecule has 0 bridgehead atoms. The van der Waals surface area contributed by atoms with Crippen molar-refractivity contribution < 1.29 is 13.9 Å². The van der Waals surface area contributed by atoms with Crippen molar-refractivity contribution in [2.75, 3.05) is 12.4 Å². The van der Waals surface area contributed by atoms with Crippen molar-refractivity contribution in [2.24, 2.45) is 0 Å². The monoisotopic (exact) mass is 479 g/mol. The van der Waals surface area contributed by atoms with Crippen LogP contribution < -0.4 is 15.8 Å². The fourth-order valence-electron chi connectivity index (χ4n) is 2.89. The third-order valence-electron chi connectivity index (χ3n) is 4.39. The first-order valence-electron chi connectivity index (χ1n) is 9.21. The zero-order chi connectivity index (χ0) is 21.0. The lowest BCUT2D eigenvalue weighted by Gasteiger charge is -2.10. The molecule has 0 radical (unpaired) electrons. The quantitative estimate of drug-likeness (QED) is 0.508. The maximum absolute atomic E-state index is 12.4. The molecule has 0 atom stereocenters. The first-order valence-corrected chi connectivity index (χ1v) is 10.9. The van der Waals surface area contributed by atoms with Gasteiger partial charge in [-0.25, -0.2) is 4.79 Å². The normalized spacial score (nSPS) is 10.9. The van der Waals surface area contributed by atoms with Gasteiger partial charge in [0.05, 0.1) is 11.6 Å². The highest BCUT2D eigenvalue weighted by molar-refractivity contribution is 9.10. The van der Waals surface area contributed by atoms with Crippen LogP contribution in [0.15, 0.2) is 37.3 Å². The fraction of sp³-hybridized carbons (Fsp3) is 0.350. The maximum Gasteiger partial charge on any atom is 0.437 e. The number of nitrogens with zero attached hydrogens (tertiary/aromatic N) is 2. The van der Waals surface area contributed by atoms with Crippen LogP contribution in [0.25, 0.3) is 10.8 Å². The first kappa shape index (κ1) is 21.3. The minimum Gasteiger partial charge on any atom is -0.494 e. The number of unbranched alkanes of at least 4 members (excludes halogenated alkanes) is 1. The number of nitrogens with one attached hydrogen (secondary N) is 1. The summed E-state index contributed by atoms with van der Waals surface area (Å²) < 4.78 is 12.3. The van der Waals surface area contributed by atoms with Crippen LogP contribution in [-0.4, -0.2) is 22.8 Å². The smallest absolute Gasteiger partial charge is 0.437 e. The van der Waals surface area contributed by atoms with Crippen LogP contribution in [-0.2, 0) is 17.8 Å². The largest absolute Gasteiger partial charge is 0.494 e. The molecule has 0 aliphatic heterocycles. The summed E-state index contributed by atoms with van der Waals surface area (Å²) >= 11 is 4.69. The van der Waals surface area contributed by atoms with Gasteiger partial charge in [-0.3, -0.25) is 4.79 Å². The lowest BCUT2D eigenvalue weighted by atomic mass is 10.0. The minimum atomic E-state index is -0.701. The molecule has 0 unspecified atom stereocenters. The summed E-state index contributed by atoms with van der Waals surface area (Å²) in [4.78, 5) is 25.1. The topological polar surface area (TPSA) is 86.4 Å².